The number of carbonyl (C=O) groups excluding carboxylic acids is 2. The Morgan fingerprint density at radius 1 is 1.07 bits per heavy atom. The van der Waals surface area contributed by atoms with Crippen LogP contribution in [-0.4, -0.2) is 30.5 Å². The number of nitrogens with zero attached hydrogens (tertiary/aromatic N) is 1. The third kappa shape index (κ3) is 4.60. The Kier molecular flexibility index (Phi) is 6.24. The van der Waals surface area contributed by atoms with Gasteiger partial charge in [0, 0.05) is 41.9 Å². The monoisotopic (exact) mass is 389 g/mol. The number of esters is 1. The van der Waals surface area contributed by atoms with Gasteiger partial charge in [-0.3, -0.25) is 9.78 Å². The van der Waals surface area contributed by atoms with E-state index in [1.165, 1.54) is 0 Å². The third-order valence-electron chi connectivity index (χ3n) is 4.52. The Bertz CT molecular complexity index is 1030. The molecule has 0 saturated carbocycles. The third-order valence-corrected chi connectivity index (χ3v) is 4.52. The van der Waals surface area contributed by atoms with Crippen LogP contribution in [0.3, 0.4) is 0 Å². The zero-order valence-corrected chi connectivity index (χ0v) is 16.7. The van der Waals surface area contributed by atoms with Crippen LogP contribution < -0.4 is 10.6 Å². The van der Waals surface area contributed by atoms with Crippen molar-refractivity contribution in [2.24, 2.45) is 0 Å². The minimum absolute atomic E-state index is 0.183. The van der Waals surface area contributed by atoms with Crippen molar-refractivity contribution in [2.45, 2.75) is 13.8 Å². The van der Waals surface area contributed by atoms with Crippen molar-refractivity contribution in [1.29, 1.82) is 0 Å². The summed E-state index contributed by atoms with van der Waals surface area (Å²) in [6, 6.07) is 14.6. The fraction of sp³-hybridized carbons (Fsp3) is 0.174. The molecule has 0 aliphatic heterocycles. The number of benzene rings is 2. The lowest BCUT2D eigenvalue weighted by Crippen LogP contribution is -2.13. The minimum Gasteiger partial charge on any atom is -0.462 e. The van der Waals surface area contributed by atoms with E-state index in [9.17, 15) is 9.59 Å². The van der Waals surface area contributed by atoms with Crippen molar-refractivity contribution in [1.82, 2.24) is 4.98 Å². The summed E-state index contributed by atoms with van der Waals surface area (Å²) in [6.07, 6.45) is 3.26. The van der Waals surface area contributed by atoms with E-state index in [1.807, 2.05) is 44.3 Å². The Labute approximate surface area is 169 Å². The summed E-state index contributed by atoms with van der Waals surface area (Å²) in [4.78, 5) is 28.6. The highest BCUT2D eigenvalue weighted by Gasteiger charge is 2.13. The van der Waals surface area contributed by atoms with Crippen LogP contribution >= 0.6 is 0 Å². The number of ether oxygens (including phenoxy) is 1. The van der Waals surface area contributed by atoms with Crippen LogP contribution in [0.2, 0.25) is 0 Å². The smallest absolute Gasteiger partial charge is 0.338 e. The molecule has 1 amide bonds. The quantitative estimate of drug-likeness (QED) is 0.606. The molecule has 1 heterocycles. The van der Waals surface area contributed by atoms with Crippen LogP contribution in [0.25, 0.3) is 11.1 Å². The van der Waals surface area contributed by atoms with Gasteiger partial charge in [-0.05, 0) is 61.4 Å². The van der Waals surface area contributed by atoms with E-state index >= 15 is 0 Å². The molecule has 0 unspecified atom stereocenters. The molecule has 0 bridgehead atoms. The van der Waals surface area contributed by atoms with Crippen molar-refractivity contribution in [3.8, 4) is 11.1 Å². The number of amides is 1. The van der Waals surface area contributed by atoms with Crippen LogP contribution in [0.5, 0.6) is 0 Å². The summed E-state index contributed by atoms with van der Waals surface area (Å²) in [5.41, 5.74) is 5.26. The summed E-state index contributed by atoms with van der Waals surface area (Å²) in [5.74, 6) is -0.536. The van der Waals surface area contributed by atoms with Gasteiger partial charge < -0.3 is 15.4 Å². The van der Waals surface area contributed by atoms with Gasteiger partial charge in [-0.1, -0.05) is 12.1 Å². The molecule has 0 atom stereocenters. The fourth-order valence-corrected chi connectivity index (χ4v) is 3.00. The lowest BCUT2D eigenvalue weighted by Gasteiger charge is -2.13. The average molecular weight is 389 g/mol. The van der Waals surface area contributed by atoms with Crippen LogP contribution in [0.1, 0.15) is 33.2 Å². The Hall–Kier alpha value is -3.67. The van der Waals surface area contributed by atoms with Gasteiger partial charge >= 0.3 is 5.97 Å². The molecule has 0 spiro atoms. The van der Waals surface area contributed by atoms with Crippen molar-refractivity contribution in [2.75, 3.05) is 24.3 Å². The molecule has 2 N–H and O–H groups in total. The first kappa shape index (κ1) is 20.1. The van der Waals surface area contributed by atoms with Crippen LogP contribution in [-0.2, 0) is 4.74 Å². The largest absolute Gasteiger partial charge is 0.462 e. The predicted octanol–water partition coefficient (Wildman–Crippen LogP) is 4.53. The Morgan fingerprint density at radius 2 is 1.83 bits per heavy atom. The molecule has 0 aliphatic rings. The van der Waals surface area contributed by atoms with E-state index in [4.69, 9.17) is 4.74 Å². The predicted molar refractivity (Wildman–Crippen MR) is 114 cm³/mol. The van der Waals surface area contributed by atoms with Crippen molar-refractivity contribution < 1.29 is 14.3 Å². The van der Waals surface area contributed by atoms with Crippen LogP contribution in [0.15, 0.2) is 60.9 Å². The molecular formula is C23H23N3O3. The number of aromatic nitrogens is 1. The van der Waals surface area contributed by atoms with E-state index in [1.54, 1.807) is 37.5 Å². The summed E-state index contributed by atoms with van der Waals surface area (Å²) in [6.45, 7) is 3.95. The second kappa shape index (κ2) is 9.01. The van der Waals surface area contributed by atoms with Gasteiger partial charge in [0.1, 0.15) is 0 Å². The molecule has 6 heteroatoms. The normalized spacial score (nSPS) is 10.3. The number of rotatable bonds is 6. The number of carbonyl (C=O) groups is 2. The molecular weight excluding hydrogens is 366 g/mol. The zero-order valence-electron chi connectivity index (χ0n) is 16.7. The first-order valence-corrected chi connectivity index (χ1v) is 9.34. The molecule has 3 rings (SSSR count). The molecule has 6 nitrogen and oxygen atoms in total. The highest BCUT2D eigenvalue weighted by atomic mass is 16.5. The maximum absolute atomic E-state index is 12.5. The lowest BCUT2D eigenvalue weighted by molar-refractivity contribution is 0.0526. The summed E-state index contributed by atoms with van der Waals surface area (Å²) in [7, 11) is 1.83. The maximum Gasteiger partial charge on any atom is 0.338 e. The maximum atomic E-state index is 12.5. The number of aryl methyl sites for hydroxylation is 1. The van der Waals surface area contributed by atoms with E-state index in [0.717, 1.165) is 22.4 Å². The van der Waals surface area contributed by atoms with Gasteiger partial charge in [-0.2, -0.15) is 0 Å². The number of pyridine rings is 1. The van der Waals surface area contributed by atoms with E-state index in [0.29, 0.717) is 23.4 Å². The summed E-state index contributed by atoms with van der Waals surface area (Å²) < 4.78 is 5.10. The average Bonchev–Trinajstić information content (AvgIpc) is 2.74. The molecule has 3 aromatic rings. The van der Waals surface area contributed by atoms with Crippen LogP contribution in [0.4, 0.5) is 11.4 Å². The molecule has 0 aliphatic carbocycles. The SMILES string of the molecule is CCOC(=O)c1ccc(NC)c(-c2ccc(NC(=O)c3ccncc3C)cc2)c1. The highest BCUT2D eigenvalue weighted by Crippen LogP contribution is 2.30. The molecule has 0 radical (unpaired) electrons. The van der Waals surface area contributed by atoms with Crippen molar-refractivity contribution in [3.05, 3.63) is 77.6 Å². The van der Waals surface area contributed by atoms with E-state index in [2.05, 4.69) is 15.6 Å². The Morgan fingerprint density at radius 3 is 2.48 bits per heavy atom. The molecule has 0 saturated heterocycles. The zero-order chi connectivity index (χ0) is 20.8. The number of hydrogen-bond acceptors (Lipinski definition) is 5. The standard InChI is InChI=1S/C23H23N3O3/c1-4-29-23(28)17-7-10-21(24-3)20(13-17)16-5-8-18(9-6-16)26-22(27)19-11-12-25-14-15(19)2/h5-14,24H,4H2,1-3H3,(H,26,27). The van der Waals surface area contributed by atoms with Gasteiger partial charge in [-0.25, -0.2) is 4.79 Å². The number of nitrogens with one attached hydrogen (secondary N) is 2. The molecule has 29 heavy (non-hydrogen) atoms. The molecule has 148 valence electrons. The van der Waals surface area contributed by atoms with Gasteiger partial charge in [0.25, 0.3) is 5.91 Å². The van der Waals surface area contributed by atoms with Gasteiger partial charge in [0.05, 0.1) is 12.2 Å². The molecule has 2 aromatic carbocycles. The topological polar surface area (TPSA) is 80.3 Å². The second-order valence-corrected chi connectivity index (χ2v) is 6.45. The van der Waals surface area contributed by atoms with Crippen molar-refractivity contribution in [3.63, 3.8) is 0 Å². The minimum atomic E-state index is -0.354. The first-order chi connectivity index (χ1) is 14.0. The van der Waals surface area contributed by atoms with Gasteiger partial charge in [0.15, 0.2) is 0 Å². The van der Waals surface area contributed by atoms with E-state index < -0.39 is 0 Å². The lowest BCUT2D eigenvalue weighted by atomic mass is 10.0. The first-order valence-electron chi connectivity index (χ1n) is 9.34. The molecule has 0 fully saturated rings. The van der Waals surface area contributed by atoms with Crippen molar-refractivity contribution >= 4 is 23.3 Å². The Balaban J connectivity index is 1.84. The van der Waals surface area contributed by atoms with Gasteiger partial charge in [0.2, 0.25) is 0 Å². The van der Waals surface area contributed by atoms with Gasteiger partial charge in [-0.15, -0.1) is 0 Å². The fourth-order valence-electron chi connectivity index (χ4n) is 3.00. The number of hydrogen-bond donors (Lipinski definition) is 2. The second-order valence-electron chi connectivity index (χ2n) is 6.45. The number of anilines is 2. The summed E-state index contributed by atoms with van der Waals surface area (Å²) in [5, 5.41) is 6.04. The van der Waals surface area contributed by atoms with Crippen LogP contribution in [0, 0.1) is 6.92 Å². The summed E-state index contributed by atoms with van der Waals surface area (Å²) >= 11 is 0. The highest BCUT2D eigenvalue weighted by molar-refractivity contribution is 6.05. The molecule has 1 aromatic heterocycles. The van der Waals surface area contributed by atoms with E-state index in [-0.39, 0.29) is 11.9 Å².